The molecule has 1 aromatic rings. The third kappa shape index (κ3) is 16.4. The zero-order chi connectivity index (χ0) is 32.2. The quantitative estimate of drug-likeness (QED) is 0.124. The molecule has 0 aliphatic heterocycles. The van der Waals surface area contributed by atoms with Crippen molar-refractivity contribution in [1.82, 2.24) is 21.3 Å². The number of carboxylic acid groups (broad SMARTS) is 1. The summed E-state index contributed by atoms with van der Waals surface area (Å²) < 4.78 is 0. The maximum absolute atomic E-state index is 13.3. The van der Waals surface area contributed by atoms with Gasteiger partial charge in [-0.3, -0.25) is 19.2 Å². The van der Waals surface area contributed by atoms with Crippen LogP contribution in [0.5, 0.6) is 0 Å². The molecular formula is C32H52N4O6S. The molecule has 0 bridgehead atoms. The Bertz CT molecular complexity index is 1020. The average Bonchev–Trinajstić information content (AvgIpc) is 2.96. The van der Waals surface area contributed by atoms with Crippen molar-refractivity contribution in [3.8, 4) is 0 Å². The Balaban J connectivity index is 2.68. The van der Waals surface area contributed by atoms with E-state index >= 15 is 0 Å². The van der Waals surface area contributed by atoms with Crippen molar-refractivity contribution in [3.63, 3.8) is 0 Å². The maximum Gasteiger partial charge on any atom is 0.326 e. The zero-order valence-corrected chi connectivity index (χ0v) is 27.3. The predicted molar refractivity (Wildman–Crippen MR) is 172 cm³/mol. The van der Waals surface area contributed by atoms with Gasteiger partial charge in [0.25, 0.3) is 0 Å². The molecule has 5 N–H and O–H groups in total. The van der Waals surface area contributed by atoms with E-state index in [1.54, 1.807) is 25.6 Å². The van der Waals surface area contributed by atoms with Gasteiger partial charge in [-0.2, -0.15) is 11.8 Å². The lowest BCUT2D eigenvalue weighted by molar-refractivity contribution is -0.142. The van der Waals surface area contributed by atoms with E-state index in [1.807, 2.05) is 37.4 Å². The molecule has 1 rings (SSSR count). The highest BCUT2D eigenvalue weighted by Crippen LogP contribution is 2.10. The van der Waals surface area contributed by atoms with Crippen LogP contribution in [-0.2, 0) is 30.4 Å². The lowest BCUT2D eigenvalue weighted by atomic mass is 10.0. The van der Waals surface area contributed by atoms with Gasteiger partial charge in [0.15, 0.2) is 0 Å². The SMILES string of the molecule is CCCCCCC(=O)NCCCC[C@H](NC(=O)[C@@H](NC(=O)[C@H](CCSC)NC(=O)Cc1ccc(C)cc1)C(C)C)C(=O)O. The second kappa shape index (κ2) is 21.6. The Morgan fingerprint density at radius 3 is 2.12 bits per heavy atom. The van der Waals surface area contributed by atoms with Crippen LogP contribution in [0.15, 0.2) is 24.3 Å². The van der Waals surface area contributed by atoms with Crippen LogP contribution in [0, 0.1) is 12.8 Å². The number of nitrogens with one attached hydrogen (secondary N) is 4. The normalized spacial score (nSPS) is 13.1. The van der Waals surface area contributed by atoms with E-state index in [2.05, 4.69) is 28.2 Å². The zero-order valence-electron chi connectivity index (χ0n) is 26.5. The summed E-state index contributed by atoms with van der Waals surface area (Å²) in [4.78, 5) is 62.9. The number of carbonyl (C=O) groups is 5. The molecule has 0 saturated carbocycles. The van der Waals surface area contributed by atoms with Crippen molar-refractivity contribution in [1.29, 1.82) is 0 Å². The summed E-state index contributed by atoms with van der Waals surface area (Å²) >= 11 is 1.54. The molecule has 3 atom stereocenters. The van der Waals surface area contributed by atoms with E-state index in [-0.39, 0.29) is 30.6 Å². The molecule has 0 spiro atoms. The largest absolute Gasteiger partial charge is 0.480 e. The molecule has 0 radical (unpaired) electrons. The van der Waals surface area contributed by atoms with Gasteiger partial charge in [-0.15, -0.1) is 0 Å². The molecule has 0 fully saturated rings. The number of benzene rings is 1. The van der Waals surface area contributed by atoms with Crippen molar-refractivity contribution in [2.24, 2.45) is 5.92 Å². The molecular weight excluding hydrogens is 568 g/mol. The number of unbranched alkanes of at least 4 members (excludes halogenated alkanes) is 4. The number of carbonyl (C=O) groups excluding carboxylic acids is 4. The minimum absolute atomic E-state index is 0.00289. The summed E-state index contributed by atoms with van der Waals surface area (Å²) in [5.74, 6) is -2.24. The fourth-order valence-electron chi connectivity index (χ4n) is 4.45. The minimum Gasteiger partial charge on any atom is -0.480 e. The highest BCUT2D eigenvalue weighted by molar-refractivity contribution is 7.98. The summed E-state index contributed by atoms with van der Waals surface area (Å²) in [7, 11) is 0. The summed E-state index contributed by atoms with van der Waals surface area (Å²) in [5, 5.41) is 20.7. The van der Waals surface area contributed by atoms with Gasteiger partial charge in [-0.05, 0) is 62.5 Å². The van der Waals surface area contributed by atoms with Crippen molar-refractivity contribution < 1.29 is 29.1 Å². The first-order valence-corrected chi connectivity index (χ1v) is 16.8. The van der Waals surface area contributed by atoms with Gasteiger partial charge in [0.2, 0.25) is 23.6 Å². The molecule has 0 saturated heterocycles. The summed E-state index contributed by atoms with van der Waals surface area (Å²) in [6, 6.07) is 4.64. The number of aliphatic carboxylic acids is 1. The molecule has 0 heterocycles. The number of amides is 4. The van der Waals surface area contributed by atoms with Crippen LogP contribution in [-0.4, -0.2) is 71.4 Å². The Hall–Kier alpha value is -3.08. The van der Waals surface area contributed by atoms with Gasteiger partial charge in [-0.1, -0.05) is 69.9 Å². The van der Waals surface area contributed by atoms with Crippen molar-refractivity contribution >= 4 is 41.4 Å². The van der Waals surface area contributed by atoms with Gasteiger partial charge in [-0.25, -0.2) is 4.79 Å². The number of hydrogen-bond donors (Lipinski definition) is 5. The second-order valence-electron chi connectivity index (χ2n) is 11.4. The Labute approximate surface area is 261 Å². The summed E-state index contributed by atoms with van der Waals surface area (Å²) in [6.45, 7) is 8.05. The molecule has 43 heavy (non-hydrogen) atoms. The van der Waals surface area contributed by atoms with E-state index < -0.39 is 35.9 Å². The lowest BCUT2D eigenvalue weighted by Crippen LogP contribution is -2.57. The Kier molecular flexibility index (Phi) is 19.0. The molecule has 0 aliphatic rings. The third-order valence-electron chi connectivity index (χ3n) is 7.11. The number of rotatable bonds is 22. The first kappa shape index (κ1) is 37.9. The summed E-state index contributed by atoms with van der Waals surface area (Å²) in [5.41, 5.74) is 1.91. The van der Waals surface area contributed by atoms with Crippen molar-refractivity contribution in [3.05, 3.63) is 35.4 Å². The second-order valence-corrected chi connectivity index (χ2v) is 12.3. The van der Waals surface area contributed by atoms with Crippen LogP contribution >= 0.6 is 11.8 Å². The number of carboxylic acids is 1. The van der Waals surface area contributed by atoms with Gasteiger partial charge in [0.1, 0.15) is 18.1 Å². The molecule has 11 heteroatoms. The number of aryl methyl sites for hydroxylation is 1. The van der Waals surface area contributed by atoms with E-state index in [0.717, 1.165) is 36.8 Å². The van der Waals surface area contributed by atoms with Gasteiger partial charge < -0.3 is 26.4 Å². The monoisotopic (exact) mass is 620 g/mol. The van der Waals surface area contributed by atoms with Crippen molar-refractivity contribution in [2.75, 3.05) is 18.6 Å². The van der Waals surface area contributed by atoms with Crippen LogP contribution < -0.4 is 21.3 Å². The van der Waals surface area contributed by atoms with Crippen LogP contribution in [0.25, 0.3) is 0 Å². The number of thioether (sulfide) groups is 1. The molecule has 10 nitrogen and oxygen atoms in total. The fourth-order valence-corrected chi connectivity index (χ4v) is 4.92. The van der Waals surface area contributed by atoms with Gasteiger partial charge >= 0.3 is 5.97 Å². The predicted octanol–water partition coefficient (Wildman–Crippen LogP) is 3.74. The maximum atomic E-state index is 13.3. The molecule has 0 unspecified atom stereocenters. The fraction of sp³-hybridized carbons (Fsp3) is 0.656. The standard InChI is InChI=1S/C32H52N4O6S/c1-6-7-8-9-13-27(37)33-19-11-10-12-26(32(41)42)35-31(40)29(22(2)3)36-30(39)25(18-20-43-5)34-28(38)21-24-16-14-23(4)15-17-24/h14-17,22,25-26,29H,6-13,18-21H2,1-5H3,(H,33,37)(H,34,38)(H,35,40)(H,36,39)(H,41,42)/t25-,26-,29-/m0/s1. The van der Waals surface area contributed by atoms with Gasteiger partial charge in [0, 0.05) is 13.0 Å². The lowest BCUT2D eigenvalue weighted by Gasteiger charge is -2.26. The highest BCUT2D eigenvalue weighted by atomic mass is 32.2. The van der Waals surface area contributed by atoms with Crippen LogP contribution in [0.4, 0.5) is 0 Å². The first-order valence-electron chi connectivity index (χ1n) is 15.4. The van der Waals surface area contributed by atoms with Crippen LogP contribution in [0.2, 0.25) is 0 Å². The third-order valence-corrected chi connectivity index (χ3v) is 7.75. The Morgan fingerprint density at radius 2 is 1.51 bits per heavy atom. The van der Waals surface area contributed by atoms with Gasteiger partial charge in [0.05, 0.1) is 6.42 Å². The topological polar surface area (TPSA) is 154 Å². The molecule has 242 valence electrons. The van der Waals surface area contributed by atoms with E-state index in [1.165, 1.54) is 0 Å². The molecule has 4 amide bonds. The van der Waals surface area contributed by atoms with E-state index in [9.17, 15) is 29.1 Å². The molecule has 0 aliphatic carbocycles. The Morgan fingerprint density at radius 1 is 0.814 bits per heavy atom. The van der Waals surface area contributed by atoms with Crippen LogP contribution in [0.3, 0.4) is 0 Å². The minimum atomic E-state index is -1.16. The summed E-state index contributed by atoms with van der Waals surface area (Å²) in [6.07, 6.45) is 8.29. The number of hydrogen-bond acceptors (Lipinski definition) is 6. The average molecular weight is 621 g/mol. The first-order chi connectivity index (χ1) is 20.5. The van der Waals surface area contributed by atoms with E-state index in [0.29, 0.717) is 38.0 Å². The molecule has 0 aromatic heterocycles. The highest BCUT2D eigenvalue weighted by Gasteiger charge is 2.31. The smallest absolute Gasteiger partial charge is 0.326 e. The molecule has 1 aromatic carbocycles. The van der Waals surface area contributed by atoms with E-state index in [4.69, 9.17) is 0 Å². The van der Waals surface area contributed by atoms with Crippen LogP contribution in [0.1, 0.15) is 89.7 Å². The van der Waals surface area contributed by atoms with Crippen molar-refractivity contribution in [2.45, 2.75) is 110 Å².